The van der Waals surface area contributed by atoms with Gasteiger partial charge in [0.05, 0.1) is 23.1 Å². The molecule has 2 atom stereocenters. The second-order valence-electron chi connectivity index (χ2n) is 6.28. The van der Waals surface area contributed by atoms with Gasteiger partial charge in [-0.15, -0.1) is 0 Å². The van der Waals surface area contributed by atoms with E-state index in [1.54, 1.807) is 6.92 Å². The Hall–Kier alpha value is -1.86. The first-order valence-corrected chi connectivity index (χ1v) is 10.5. The van der Waals surface area contributed by atoms with Crippen LogP contribution >= 0.6 is 11.8 Å². The van der Waals surface area contributed by atoms with E-state index < -0.39 is 20.8 Å². The molecule has 0 fully saturated rings. The summed E-state index contributed by atoms with van der Waals surface area (Å²) in [5.74, 6) is -0.441. The van der Waals surface area contributed by atoms with Gasteiger partial charge >= 0.3 is 5.97 Å². The van der Waals surface area contributed by atoms with Gasteiger partial charge in [-0.2, -0.15) is 0 Å². The van der Waals surface area contributed by atoms with Crippen molar-refractivity contribution in [1.82, 2.24) is 0 Å². The summed E-state index contributed by atoms with van der Waals surface area (Å²) in [6, 6.07) is 9.19. The van der Waals surface area contributed by atoms with Gasteiger partial charge < -0.3 is 9.84 Å². The van der Waals surface area contributed by atoms with E-state index in [0.29, 0.717) is 22.9 Å². The number of aliphatic hydroxyl groups excluding tert-OH is 1. The highest BCUT2D eigenvalue weighted by Crippen LogP contribution is 2.52. The standard InChI is InChI=1S/C19H21NO4S2/c1-4-24-18(22)15-16(21)19(10-12(2)13(3)11-26(19)23)25-17(15)20-14-8-6-5-7-9-14/h5-9,21H,4,10-11H2,1-3H3/t19-,26-/m1/s1. The number of allylic oxidation sites excluding steroid dienone is 1. The van der Waals surface area contributed by atoms with Crippen LogP contribution in [0.3, 0.4) is 0 Å². The van der Waals surface area contributed by atoms with Gasteiger partial charge in [0.25, 0.3) is 0 Å². The van der Waals surface area contributed by atoms with Crippen molar-refractivity contribution in [1.29, 1.82) is 0 Å². The monoisotopic (exact) mass is 391 g/mol. The number of benzene rings is 1. The summed E-state index contributed by atoms with van der Waals surface area (Å²) in [6.07, 6.45) is 0.415. The number of thioether (sulfide) groups is 1. The Morgan fingerprint density at radius 1 is 1.31 bits per heavy atom. The molecule has 138 valence electrons. The van der Waals surface area contributed by atoms with Crippen molar-refractivity contribution in [3.63, 3.8) is 0 Å². The quantitative estimate of drug-likeness (QED) is 0.622. The summed E-state index contributed by atoms with van der Waals surface area (Å²) in [4.78, 5) is 17.0. The third-order valence-electron chi connectivity index (χ3n) is 4.48. The molecule has 0 aliphatic carbocycles. The molecule has 1 N–H and O–H groups in total. The third-order valence-corrected chi connectivity index (χ3v) is 8.21. The predicted molar refractivity (Wildman–Crippen MR) is 106 cm³/mol. The smallest absolute Gasteiger partial charge is 0.344 e. The molecule has 2 heterocycles. The second kappa shape index (κ2) is 7.40. The maximum atomic E-state index is 13.0. The average molecular weight is 392 g/mol. The fraction of sp³-hybridized carbons (Fsp3) is 0.368. The zero-order valence-corrected chi connectivity index (χ0v) is 16.6. The van der Waals surface area contributed by atoms with E-state index in [9.17, 15) is 14.1 Å². The van der Waals surface area contributed by atoms with Crippen LogP contribution in [-0.2, 0) is 20.3 Å². The molecule has 7 heteroatoms. The van der Waals surface area contributed by atoms with Crippen molar-refractivity contribution in [3.8, 4) is 0 Å². The van der Waals surface area contributed by atoms with Crippen molar-refractivity contribution >= 4 is 39.3 Å². The van der Waals surface area contributed by atoms with Crippen molar-refractivity contribution in [2.45, 2.75) is 31.3 Å². The van der Waals surface area contributed by atoms with E-state index in [4.69, 9.17) is 4.74 Å². The van der Waals surface area contributed by atoms with Crippen molar-refractivity contribution in [3.05, 3.63) is 52.8 Å². The highest BCUT2D eigenvalue weighted by Gasteiger charge is 2.54. The van der Waals surface area contributed by atoms with E-state index in [0.717, 1.165) is 11.1 Å². The number of hydrogen-bond donors (Lipinski definition) is 1. The Kier molecular flexibility index (Phi) is 5.39. The summed E-state index contributed by atoms with van der Waals surface area (Å²) in [7, 11) is -1.37. The lowest BCUT2D eigenvalue weighted by Gasteiger charge is -2.32. The Balaban J connectivity index is 2.12. The molecule has 0 bridgehead atoms. The van der Waals surface area contributed by atoms with E-state index in [1.165, 1.54) is 11.8 Å². The number of nitrogens with zero attached hydrogens (tertiary/aromatic N) is 1. The van der Waals surface area contributed by atoms with Gasteiger partial charge in [0.2, 0.25) is 0 Å². The van der Waals surface area contributed by atoms with Crippen LogP contribution in [0, 0.1) is 0 Å². The highest BCUT2D eigenvalue weighted by molar-refractivity contribution is 8.23. The minimum absolute atomic E-state index is 0.0291. The van der Waals surface area contributed by atoms with Crippen molar-refractivity contribution in [2.75, 3.05) is 12.4 Å². The fourth-order valence-electron chi connectivity index (χ4n) is 2.92. The number of ether oxygens (including phenoxy) is 1. The molecule has 0 radical (unpaired) electrons. The molecular weight excluding hydrogens is 370 g/mol. The van der Waals surface area contributed by atoms with Crippen molar-refractivity contribution < 1.29 is 18.8 Å². The number of para-hydroxylation sites is 1. The van der Waals surface area contributed by atoms with E-state index in [1.807, 2.05) is 44.2 Å². The topological polar surface area (TPSA) is 76.0 Å². The molecule has 5 nitrogen and oxygen atoms in total. The van der Waals surface area contributed by atoms with Gasteiger partial charge in [-0.25, -0.2) is 9.79 Å². The molecule has 0 saturated carbocycles. The Bertz CT molecular complexity index is 858. The van der Waals surface area contributed by atoms with Gasteiger partial charge in [-0.05, 0) is 32.9 Å². The van der Waals surface area contributed by atoms with E-state index >= 15 is 0 Å². The second-order valence-corrected chi connectivity index (χ2v) is 9.50. The zero-order valence-electron chi connectivity index (χ0n) is 14.9. The molecule has 0 aromatic heterocycles. The SMILES string of the molecule is CCOC(=O)C1=C(O)[C@]2(CC(C)=C(C)C[S@]2=O)SC1=Nc1ccccc1. The number of rotatable bonds is 3. The molecule has 2 aliphatic heterocycles. The summed E-state index contributed by atoms with van der Waals surface area (Å²) < 4.78 is 17.0. The first kappa shape index (κ1) is 18.9. The predicted octanol–water partition coefficient (Wildman–Crippen LogP) is 4.02. The molecule has 1 aromatic carbocycles. The third kappa shape index (κ3) is 3.25. The largest absolute Gasteiger partial charge is 0.509 e. The minimum Gasteiger partial charge on any atom is -0.509 e. The number of aliphatic hydroxyl groups is 1. The van der Waals surface area contributed by atoms with Crippen LogP contribution in [0.2, 0.25) is 0 Å². The molecule has 1 aromatic rings. The fourth-order valence-corrected chi connectivity index (χ4v) is 6.51. The van der Waals surface area contributed by atoms with Crippen LogP contribution in [0.1, 0.15) is 27.2 Å². The summed E-state index contributed by atoms with van der Waals surface area (Å²) in [6.45, 7) is 5.81. The maximum Gasteiger partial charge on any atom is 0.344 e. The molecular formula is C19H21NO4S2. The van der Waals surface area contributed by atoms with Crippen LogP contribution in [-0.4, -0.2) is 36.8 Å². The van der Waals surface area contributed by atoms with E-state index in [2.05, 4.69) is 4.99 Å². The number of carbonyl (C=O) groups excluding carboxylic acids is 1. The first-order valence-electron chi connectivity index (χ1n) is 8.36. The Labute approximate surface area is 159 Å². The molecule has 0 unspecified atom stereocenters. The van der Waals surface area contributed by atoms with Crippen LogP contribution in [0.25, 0.3) is 0 Å². The van der Waals surface area contributed by atoms with E-state index in [-0.39, 0.29) is 17.9 Å². The summed E-state index contributed by atoms with van der Waals surface area (Å²) >= 11 is 1.20. The lowest BCUT2D eigenvalue weighted by molar-refractivity contribution is -0.138. The lowest BCUT2D eigenvalue weighted by Crippen LogP contribution is -2.37. The molecule has 1 spiro atoms. The minimum atomic E-state index is -1.37. The molecule has 2 aliphatic rings. The first-order chi connectivity index (χ1) is 12.4. The van der Waals surface area contributed by atoms with Gasteiger partial charge in [-0.1, -0.05) is 41.1 Å². The average Bonchev–Trinajstić information content (AvgIpc) is 2.87. The molecule has 0 saturated heterocycles. The number of esters is 1. The van der Waals surface area contributed by atoms with Gasteiger partial charge in [0.1, 0.15) is 16.4 Å². The molecule has 26 heavy (non-hydrogen) atoms. The van der Waals surface area contributed by atoms with Gasteiger partial charge in [0.15, 0.2) is 4.08 Å². The van der Waals surface area contributed by atoms with Gasteiger partial charge in [-0.3, -0.25) is 4.21 Å². The Morgan fingerprint density at radius 2 is 2.00 bits per heavy atom. The number of carbonyl (C=O) groups is 1. The number of aliphatic imine (C=N–C) groups is 1. The van der Waals surface area contributed by atoms with Crippen LogP contribution in [0.15, 0.2) is 57.8 Å². The summed E-state index contributed by atoms with van der Waals surface area (Å²) in [5, 5.41) is 11.3. The zero-order chi connectivity index (χ0) is 18.9. The number of hydrogen-bond acceptors (Lipinski definition) is 6. The van der Waals surface area contributed by atoms with Crippen LogP contribution < -0.4 is 0 Å². The molecule has 3 rings (SSSR count). The normalized spacial score (nSPS) is 27.5. The van der Waals surface area contributed by atoms with Crippen molar-refractivity contribution in [2.24, 2.45) is 4.99 Å². The lowest BCUT2D eigenvalue weighted by atomic mass is 10.0. The van der Waals surface area contributed by atoms with Crippen LogP contribution in [0.4, 0.5) is 5.69 Å². The maximum absolute atomic E-state index is 13.0. The highest BCUT2D eigenvalue weighted by atomic mass is 32.2. The summed E-state index contributed by atoms with van der Waals surface area (Å²) in [5.41, 5.74) is 2.83. The Morgan fingerprint density at radius 3 is 2.65 bits per heavy atom. The van der Waals surface area contributed by atoms with Crippen LogP contribution in [0.5, 0.6) is 0 Å². The molecule has 0 amide bonds. The van der Waals surface area contributed by atoms with Gasteiger partial charge in [0, 0.05) is 12.2 Å².